The summed E-state index contributed by atoms with van der Waals surface area (Å²) in [7, 11) is 1.47. The maximum Gasteiger partial charge on any atom is 0.312 e. The van der Waals surface area contributed by atoms with Gasteiger partial charge in [-0.05, 0) is 96.7 Å². The number of hydrogen-bond donors (Lipinski definition) is 1. The quantitative estimate of drug-likeness (QED) is 0.376. The molecule has 4 aliphatic rings. The summed E-state index contributed by atoms with van der Waals surface area (Å²) in [4.78, 5) is 39.5. The van der Waals surface area contributed by atoms with E-state index in [4.69, 9.17) is 4.74 Å². The topological polar surface area (TPSA) is 80.7 Å². The van der Waals surface area contributed by atoms with Crippen molar-refractivity contribution in [3.05, 3.63) is 0 Å². The van der Waals surface area contributed by atoms with Crippen molar-refractivity contribution in [1.82, 2.24) is 0 Å². The summed E-state index contributed by atoms with van der Waals surface area (Å²) in [5.41, 5.74) is -1.80. The molecule has 0 unspecified atom stereocenters. The summed E-state index contributed by atoms with van der Waals surface area (Å²) >= 11 is 0. The highest BCUT2D eigenvalue weighted by molar-refractivity contribution is 5.79. The van der Waals surface area contributed by atoms with Crippen molar-refractivity contribution in [2.24, 2.45) is 56.2 Å². The standard InChI is InChI=1S/C31H50O5/c1-26(2)13-15-31(25(35)36-8)16-14-29(6,21(18-32)20(31)17-26)30(7)12-9-22-27(3,4)24(34)10-11-28(22,5)23(30)19-33/h18-24,34H,9-17H2,1-8H3/t20-,21+,22-,23+,24-,28-,29+,30+,31-/m0/s1. The molecule has 0 aromatic heterocycles. The molecular formula is C31H50O5. The maximum absolute atomic E-state index is 13.3. The number of carbonyl (C=O) groups excluding carboxylic acids is 3. The minimum atomic E-state index is -0.611. The summed E-state index contributed by atoms with van der Waals surface area (Å²) in [6.45, 7) is 15.6. The Morgan fingerprint density at radius 1 is 0.833 bits per heavy atom. The second-order valence-corrected chi connectivity index (χ2v) is 15.2. The molecule has 0 radical (unpaired) electrons. The molecule has 0 aromatic rings. The van der Waals surface area contributed by atoms with Gasteiger partial charge in [-0.15, -0.1) is 0 Å². The number of methoxy groups -OCH3 is 1. The first-order chi connectivity index (χ1) is 16.6. The number of aldehydes is 2. The molecular weight excluding hydrogens is 452 g/mol. The van der Waals surface area contributed by atoms with Crippen molar-refractivity contribution in [3.63, 3.8) is 0 Å². The van der Waals surface area contributed by atoms with Gasteiger partial charge < -0.3 is 19.4 Å². The number of aliphatic hydroxyl groups excluding tert-OH is 1. The van der Waals surface area contributed by atoms with Crippen LogP contribution in [0.25, 0.3) is 0 Å². The number of rotatable bonds is 4. The Hall–Kier alpha value is -1.23. The van der Waals surface area contributed by atoms with E-state index in [9.17, 15) is 19.5 Å². The van der Waals surface area contributed by atoms with Gasteiger partial charge in [0.2, 0.25) is 0 Å². The first kappa shape index (κ1) is 27.8. The van der Waals surface area contributed by atoms with Crippen molar-refractivity contribution >= 4 is 18.5 Å². The fourth-order valence-electron chi connectivity index (χ4n) is 10.4. The molecule has 4 rings (SSSR count). The van der Waals surface area contributed by atoms with Crippen LogP contribution in [0.2, 0.25) is 0 Å². The highest BCUT2D eigenvalue weighted by Crippen LogP contribution is 2.73. The average Bonchev–Trinajstić information content (AvgIpc) is 2.80. The number of aliphatic hydroxyl groups is 1. The molecule has 0 saturated heterocycles. The van der Waals surface area contributed by atoms with Gasteiger partial charge in [0.15, 0.2) is 0 Å². The normalized spacial score (nSPS) is 49.8. The molecule has 0 aliphatic heterocycles. The zero-order valence-corrected chi connectivity index (χ0v) is 24.0. The molecule has 4 fully saturated rings. The van der Waals surface area contributed by atoms with Crippen LogP contribution in [0.5, 0.6) is 0 Å². The van der Waals surface area contributed by atoms with E-state index in [0.29, 0.717) is 12.8 Å². The zero-order valence-electron chi connectivity index (χ0n) is 24.0. The van der Waals surface area contributed by atoms with Gasteiger partial charge in [-0.2, -0.15) is 0 Å². The fraction of sp³-hybridized carbons (Fsp3) is 0.903. The summed E-state index contributed by atoms with van der Waals surface area (Å²) in [6, 6.07) is 0. The van der Waals surface area contributed by atoms with Gasteiger partial charge in [0.1, 0.15) is 12.6 Å². The van der Waals surface area contributed by atoms with Crippen LogP contribution < -0.4 is 0 Å². The molecule has 5 nitrogen and oxygen atoms in total. The monoisotopic (exact) mass is 502 g/mol. The van der Waals surface area contributed by atoms with Gasteiger partial charge in [-0.1, -0.05) is 48.5 Å². The number of carbonyl (C=O) groups is 3. The van der Waals surface area contributed by atoms with E-state index >= 15 is 0 Å². The van der Waals surface area contributed by atoms with Gasteiger partial charge >= 0.3 is 5.97 Å². The smallest absolute Gasteiger partial charge is 0.312 e. The third kappa shape index (κ3) is 3.53. The molecule has 0 heterocycles. The lowest BCUT2D eigenvalue weighted by Gasteiger charge is -2.69. The largest absolute Gasteiger partial charge is 0.469 e. The summed E-state index contributed by atoms with van der Waals surface area (Å²) in [5.74, 6) is -0.497. The maximum atomic E-state index is 13.3. The Bertz CT molecular complexity index is 909. The third-order valence-corrected chi connectivity index (χ3v) is 13.0. The van der Waals surface area contributed by atoms with Crippen LogP contribution in [0.4, 0.5) is 0 Å². The van der Waals surface area contributed by atoms with E-state index in [1.54, 1.807) is 0 Å². The van der Waals surface area contributed by atoms with Crippen LogP contribution in [-0.4, -0.2) is 36.9 Å². The molecule has 204 valence electrons. The number of fused-ring (bicyclic) bond motifs is 2. The Balaban J connectivity index is 1.80. The van der Waals surface area contributed by atoms with Crippen LogP contribution in [0, 0.1) is 56.2 Å². The molecule has 4 saturated carbocycles. The minimum absolute atomic E-state index is 0.0554. The highest BCUT2D eigenvalue weighted by Gasteiger charge is 2.69. The Kier molecular flexibility index (Phi) is 6.67. The van der Waals surface area contributed by atoms with Crippen LogP contribution in [0.1, 0.15) is 106 Å². The molecule has 5 heteroatoms. The molecule has 0 bridgehead atoms. The first-order valence-electron chi connectivity index (χ1n) is 14.3. The van der Waals surface area contributed by atoms with Crippen molar-refractivity contribution in [2.45, 2.75) is 112 Å². The Labute approximate surface area is 218 Å². The second kappa shape index (κ2) is 8.64. The lowest BCUT2D eigenvalue weighted by Crippen LogP contribution is -2.66. The molecule has 1 N–H and O–H groups in total. The lowest BCUT2D eigenvalue weighted by atomic mass is 9.34. The Morgan fingerprint density at radius 2 is 1.47 bits per heavy atom. The molecule has 0 amide bonds. The predicted octanol–water partition coefficient (Wildman–Crippen LogP) is 6.01. The van der Waals surface area contributed by atoms with E-state index in [0.717, 1.165) is 51.2 Å². The van der Waals surface area contributed by atoms with Gasteiger partial charge in [0.05, 0.1) is 18.6 Å². The van der Waals surface area contributed by atoms with E-state index in [1.807, 2.05) is 0 Å². The number of ether oxygens (including phenoxy) is 1. The van der Waals surface area contributed by atoms with Crippen LogP contribution >= 0.6 is 0 Å². The molecule has 9 atom stereocenters. The summed E-state index contributed by atoms with van der Waals surface area (Å²) in [6.07, 6.45) is 9.30. The minimum Gasteiger partial charge on any atom is -0.469 e. The summed E-state index contributed by atoms with van der Waals surface area (Å²) < 4.78 is 5.38. The van der Waals surface area contributed by atoms with Crippen LogP contribution in [0.3, 0.4) is 0 Å². The predicted molar refractivity (Wildman–Crippen MR) is 140 cm³/mol. The van der Waals surface area contributed by atoms with E-state index in [-0.39, 0.29) is 57.4 Å². The summed E-state index contributed by atoms with van der Waals surface area (Å²) in [5, 5.41) is 10.9. The number of hydrogen-bond acceptors (Lipinski definition) is 5. The van der Waals surface area contributed by atoms with E-state index in [1.165, 1.54) is 13.4 Å². The van der Waals surface area contributed by atoms with Crippen LogP contribution in [0.15, 0.2) is 0 Å². The average molecular weight is 503 g/mol. The van der Waals surface area contributed by atoms with Gasteiger partial charge in [-0.3, -0.25) is 4.79 Å². The van der Waals surface area contributed by atoms with Gasteiger partial charge in [0.25, 0.3) is 0 Å². The third-order valence-electron chi connectivity index (χ3n) is 13.0. The van der Waals surface area contributed by atoms with Crippen molar-refractivity contribution in [2.75, 3.05) is 7.11 Å². The molecule has 0 aromatic carbocycles. The van der Waals surface area contributed by atoms with Crippen molar-refractivity contribution < 1.29 is 24.2 Å². The lowest BCUT2D eigenvalue weighted by molar-refractivity contribution is -0.223. The Morgan fingerprint density at radius 3 is 2.06 bits per heavy atom. The zero-order chi connectivity index (χ0) is 26.9. The number of esters is 1. The molecule has 0 spiro atoms. The molecule has 36 heavy (non-hydrogen) atoms. The van der Waals surface area contributed by atoms with Gasteiger partial charge in [0, 0.05) is 11.8 Å². The van der Waals surface area contributed by atoms with Crippen molar-refractivity contribution in [1.29, 1.82) is 0 Å². The first-order valence-corrected chi connectivity index (χ1v) is 14.3. The van der Waals surface area contributed by atoms with Crippen molar-refractivity contribution in [3.8, 4) is 0 Å². The van der Waals surface area contributed by atoms with E-state index < -0.39 is 10.8 Å². The molecule has 4 aliphatic carbocycles. The van der Waals surface area contributed by atoms with E-state index in [2.05, 4.69) is 48.5 Å². The van der Waals surface area contributed by atoms with Gasteiger partial charge in [-0.25, -0.2) is 0 Å². The second-order valence-electron chi connectivity index (χ2n) is 15.2. The van der Waals surface area contributed by atoms with Crippen LogP contribution in [-0.2, 0) is 19.1 Å². The fourth-order valence-corrected chi connectivity index (χ4v) is 10.4. The highest BCUT2D eigenvalue weighted by atomic mass is 16.5. The SMILES string of the molecule is COC(=O)[C@]12CCC(C)(C)C[C@H]1[C@@H](C=O)[C@](C)([C@]1(C)CC[C@H]3C(C)(C)[C@@H](O)CC[C@]3(C)[C@H]1C=O)CC2.